The maximum atomic E-state index is 14.7. The first-order valence-electron chi connectivity index (χ1n) is 21.7. The molecule has 16 nitrogen and oxygen atoms in total. The maximum absolute atomic E-state index is 14.7. The Bertz CT molecular complexity index is 2420. The summed E-state index contributed by atoms with van der Waals surface area (Å²) in [6, 6.07) is 9.99. The SMILES string of the molecule is CCn1c(-c2cccnc2[C@H](C)OC)c2c3cc(ccc31)-c1csc(n1)C[C@H](NC(=O)[C@H](C(C)C)N(C)C(=O)N1CC(N)(C#N)C1)C(=O)N1CCC[C@](C=O)(COCC(C)(C)C2)N1. The Morgan fingerprint density at radius 3 is 2.67 bits per heavy atom. The number of pyridine rings is 1. The number of ether oxygens (including phenoxy) is 2. The highest BCUT2D eigenvalue weighted by atomic mass is 32.1. The number of nitriles is 1. The molecule has 63 heavy (non-hydrogen) atoms. The lowest BCUT2D eigenvalue weighted by atomic mass is 9.84. The van der Waals surface area contributed by atoms with Gasteiger partial charge in [-0.25, -0.2) is 15.2 Å². The monoisotopic (exact) mass is 880 g/mol. The Morgan fingerprint density at radius 2 is 1.98 bits per heavy atom. The summed E-state index contributed by atoms with van der Waals surface area (Å²) in [4.78, 5) is 68.2. The highest BCUT2D eigenvalue weighted by Crippen LogP contribution is 2.42. The van der Waals surface area contributed by atoms with Crippen molar-refractivity contribution in [2.24, 2.45) is 17.1 Å². The molecule has 17 heteroatoms. The number of likely N-dealkylation sites (tertiary alicyclic amines) is 1. The average molecular weight is 881 g/mol. The number of likely N-dealkylation sites (N-methyl/N-ethyl adjacent to an activating group) is 1. The number of carbonyl (C=O) groups is 4. The smallest absolute Gasteiger partial charge is 0.320 e. The van der Waals surface area contributed by atoms with Gasteiger partial charge in [0, 0.05) is 67.3 Å². The number of aromatic nitrogens is 3. The number of carbonyl (C=O) groups excluding carboxylic acids is 4. The molecular formula is C46H60N10O6S. The molecule has 0 saturated carbocycles. The van der Waals surface area contributed by atoms with E-state index in [1.807, 2.05) is 38.3 Å². The minimum absolute atomic E-state index is 0.0249. The van der Waals surface area contributed by atoms with Crippen molar-refractivity contribution in [3.05, 3.63) is 58.2 Å². The molecule has 2 saturated heterocycles. The molecule has 3 aromatic heterocycles. The zero-order valence-electron chi connectivity index (χ0n) is 37.6. The second kappa shape index (κ2) is 18.1. The van der Waals surface area contributed by atoms with E-state index in [2.05, 4.69) is 60.3 Å². The largest absolute Gasteiger partial charge is 0.378 e. The number of hydrazine groups is 1. The molecule has 4 amide bonds. The van der Waals surface area contributed by atoms with Crippen molar-refractivity contribution in [2.45, 2.75) is 103 Å². The first-order valence-corrected chi connectivity index (χ1v) is 22.6. The molecule has 2 fully saturated rings. The third-order valence-corrected chi connectivity index (χ3v) is 13.4. The van der Waals surface area contributed by atoms with Crippen LogP contribution in [0.4, 0.5) is 4.79 Å². The Labute approximate surface area is 373 Å². The highest BCUT2D eigenvalue weighted by molar-refractivity contribution is 7.10. The van der Waals surface area contributed by atoms with Crippen molar-refractivity contribution < 1.29 is 28.7 Å². The molecular weight excluding hydrogens is 821 g/mol. The van der Waals surface area contributed by atoms with Crippen LogP contribution in [0, 0.1) is 22.7 Å². The van der Waals surface area contributed by atoms with E-state index in [0.29, 0.717) is 44.0 Å². The van der Waals surface area contributed by atoms with E-state index in [-0.39, 0.29) is 38.1 Å². The molecule has 3 aliphatic rings. The van der Waals surface area contributed by atoms with E-state index in [1.165, 1.54) is 33.2 Å². The number of nitrogens with one attached hydrogen (secondary N) is 2. The number of nitrogens with zero attached hydrogens (tertiary/aromatic N) is 7. The number of hydrogen-bond donors (Lipinski definition) is 3. The summed E-state index contributed by atoms with van der Waals surface area (Å²) in [6.45, 7) is 13.6. The lowest BCUT2D eigenvalue weighted by Crippen LogP contribution is -2.70. The number of fused-ring (bicyclic) bond motifs is 6. The molecule has 0 unspecified atom stereocenters. The summed E-state index contributed by atoms with van der Waals surface area (Å²) >= 11 is 1.40. The molecule has 7 rings (SSSR count). The number of rotatable bonds is 9. The molecule has 0 radical (unpaired) electrons. The average Bonchev–Trinajstić information content (AvgIpc) is 3.85. The van der Waals surface area contributed by atoms with Gasteiger partial charge in [0.2, 0.25) is 5.91 Å². The molecule has 4 atom stereocenters. The summed E-state index contributed by atoms with van der Waals surface area (Å²) < 4.78 is 14.6. The van der Waals surface area contributed by atoms with Crippen LogP contribution in [0.1, 0.15) is 76.8 Å². The van der Waals surface area contributed by atoms with Crippen LogP contribution in [0.2, 0.25) is 0 Å². The van der Waals surface area contributed by atoms with Crippen molar-refractivity contribution in [3.63, 3.8) is 0 Å². The van der Waals surface area contributed by atoms with E-state index < -0.39 is 46.4 Å². The Balaban J connectivity index is 1.30. The second-order valence-corrected chi connectivity index (χ2v) is 19.5. The number of hydrogen-bond acceptors (Lipinski definition) is 12. The van der Waals surface area contributed by atoms with Crippen LogP contribution < -0.4 is 16.5 Å². The highest BCUT2D eigenvalue weighted by Gasteiger charge is 2.46. The minimum Gasteiger partial charge on any atom is -0.378 e. The van der Waals surface area contributed by atoms with Gasteiger partial charge in [0.1, 0.15) is 29.4 Å². The lowest BCUT2D eigenvalue weighted by molar-refractivity contribution is -0.147. The molecule has 4 aromatic rings. The lowest BCUT2D eigenvalue weighted by Gasteiger charge is -2.45. The van der Waals surface area contributed by atoms with Gasteiger partial charge in [0.15, 0.2) is 0 Å². The number of amides is 4. The van der Waals surface area contributed by atoms with E-state index >= 15 is 0 Å². The molecule has 4 N–H and O–H groups in total. The molecule has 1 aromatic carbocycles. The first kappa shape index (κ1) is 45.8. The summed E-state index contributed by atoms with van der Waals surface area (Å²) in [7, 11) is 3.23. The quantitative estimate of drug-likeness (QED) is 0.194. The van der Waals surface area contributed by atoms with Crippen LogP contribution in [0.15, 0.2) is 41.9 Å². The maximum Gasteiger partial charge on any atom is 0.320 e. The summed E-state index contributed by atoms with van der Waals surface area (Å²) in [5.41, 5.74) is 13.3. The molecule has 336 valence electrons. The fourth-order valence-corrected chi connectivity index (χ4v) is 10.1. The van der Waals surface area contributed by atoms with E-state index in [4.69, 9.17) is 25.2 Å². The number of aryl methyl sites for hydroxylation is 1. The van der Waals surface area contributed by atoms with Crippen LogP contribution in [0.5, 0.6) is 0 Å². The molecule has 0 aliphatic carbocycles. The predicted octanol–water partition coefficient (Wildman–Crippen LogP) is 4.86. The topological polar surface area (TPSA) is 201 Å². The van der Waals surface area contributed by atoms with Gasteiger partial charge in [-0.2, -0.15) is 5.26 Å². The van der Waals surface area contributed by atoms with Crippen LogP contribution in [-0.4, -0.2) is 124 Å². The van der Waals surface area contributed by atoms with Crippen molar-refractivity contribution in [1.82, 2.24) is 40.1 Å². The zero-order chi connectivity index (χ0) is 45.4. The number of methoxy groups -OCH3 is 1. The first-order chi connectivity index (χ1) is 30.0. The number of urea groups is 1. The van der Waals surface area contributed by atoms with Crippen molar-refractivity contribution in [3.8, 4) is 28.6 Å². The van der Waals surface area contributed by atoms with Crippen LogP contribution in [0.3, 0.4) is 0 Å². The second-order valence-electron chi connectivity index (χ2n) is 18.5. The van der Waals surface area contributed by atoms with Gasteiger partial charge in [0.05, 0.1) is 60.6 Å². The van der Waals surface area contributed by atoms with Crippen LogP contribution in [-0.2, 0) is 43.2 Å². The van der Waals surface area contributed by atoms with Crippen LogP contribution in [0.25, 0.3) is 33.4 Å². The van der Waals surface area contributed by atoms with Crippen LogP contribution >= 0.6 is 11.3 Å². The summed E-state index contributed by atoms with van der Waals surface area (Å²) in [5.74, 6) is -1.30. The van der Waals surface area contributed by atoms with Gasteiger partial charge in [-0.3, -0.25) is 19.6 Å². The molecule has 3 aliphatic heterocycles. The van der Waals surface area contributed by atoms with E-state index in [9.17, 15) is 24.4 Å². The fourth-order valence-electron chi connectivity index (χ4n) is 9.28. The number of aldehydes is 1. The summed E-state index contributed by atoms with van der Waals surface area (Å²) in [6.07, 6.45) is 4.04. The van der Waals surface area contributed by atoms with Crippen molar-refractivity contribution in [2.75, 3.05) is 47.0 Å². The standard InChI is InChI=1S/C46H60N10O6S/c1-9-55-36-14-13-30-18-32(36)33(40(55)31-12-10-16-49-38(31)29(4)61-8)20-44(5,6)26-62-27-46(25-57)15-11-17-56(52-46)42(59)34(19-37-50-35(30)21-63-37)51-41(58)39(28(2)3)53(7)43(60)54-23-45(48,22-47)24-54/h10,12-14,16,18,21,25,28-29,34,39,52H,9,11,15,17,19-20,23-24,26-27,48H2,1-8H3,(H,51,58)/t29-,34-,39-,46-/m0/s1. The normalized spacial score (nSPS) is 22.1. The predicted molar refractivity (Wildman–Crippen MR) is 240 cm³/mol. The zero-order valence-corrected chi connectivity index (χ0v) is 38.4. The van der Waals surface area contributed by atoms with Gasteiger partial charge in [-0.05, 0) is 74.3 Å². The van der Waals surface area contributed by atoms with Gasteiger partial charge in [0.25, 0.3) is 5.91 Å². The van der Waals surface area contributed by atoms with Gasteiger partial charge in [-0.1, -0.05) is 33.8 Å². The molecule has 0 spiro atoms. The Hall–Kier alpha value is -5.25. The van der Waals surface area contributed by atoms with Gasteiger partial charge < -0.3 is 39.7 Å². The third kappa shape index (κ3) is 9.10. The molecule has 6 bridgehead atoms. The Morgan fingerprint density at radius 1 is 1.22 bits per heavy atom. The van der Waals surface area contributed by atoms with Gasteiger partial charge in [-0.15, -0.1) is 11.3 Å². The molecule has 6 heterocycles. The number of thiazole rings is 1. The summed E-state index contributed by atoms with van der Waals surface area (Å²) in [5, 5.41) is 17.5. The van der Waals surface area contributed by atoms with Gasteiger partial charge >= 0.3 is 6.03 Å². The third-order valence-electron chi connectivity index (χ3n) is 12.6. The minimum atomic E-state index is -1.19. The number of nitrogens with two attached hydrogens (primary N) is 1. The van der Waals surface area contributed by atoms with E-state index in [0.717, 1.165) is 51.0 Å². The number of benzene rings is 1. The van der Waals surface area contributed by atoms with Crippen molar-refractivity contribution >= 4 is 46.4 Å². The van der Waals surface area contributed by atoms with Crippen molar-refractivity contribution in [1.29, 1.82) is 5.26 Å². The van der Waals surface area contributed by atoms with E-state index in [1.54, 1.807) is 13.3 Å². The Kier molecular flexibility index (Phi) is 13.1. The fraction of sp³-hybridized carbons (Fsp3) is 0.543.